The van der Waals surface area contributed by atoms with Gasteiger partial charge in [0.1, 0.15) is 42.3 Å². The van der Waals surface area contributed by atoms with Crippen molar-refractivity contribution in [2.75, 3.05) is 20.4 Å². The first-order valence-corrected chi connectivity index (χ1v) is 23.5. The maximum Gasteiger partial charge on any atom is 0.363 e. The second kappa shape index (κ2) is 27.8. The van der Waals surface area contributed by atoms with Crippen LogP contribution in [0.15, 0.2) is 114 Å². The van der Waals surface area contributed by atoms with Gasteiger partial charge >= 0.3 is 17.9 Å². The SMILES string of the molecule is CCCCC[C@@H](C(=O)NCNC(=O)c1ccc(-c2ccc(C(=O)N[C@@H](CC(C)=O)C(=O)OCc3ccccc3)c(OCC(=O)OCc3ccccc3)c2)o1)[C@@H](CC)N(C=O)OC(=O)c1ccc(OC)cc1C. The first-order valence-electron chi connectivity index (χ1n) is 23.5. The number of Topliss-reactive ketones (excluding diaryl/α,β-unsaturated/α-hetero) is 1. The Morgan fingerprint density at radius 1 is 0.764 bits per heavy atom. The molecule has 3 atom stereocenters. The second-order valence-electron chi connectivity index (χ2n) is 16.7. The minimum absolute atomic E-state index is 0.0321. The number of aryl methyl sites for hydroxylation is 1. The molecule has 5 aromatic rings. The number of hydrogen-bond donors (Lipinski definition) is 3. The predicted molar refractivity (Wildman–Crippen MR) is 262 cm³/mol. The fourth-order valence-electron chi connectivity index (χ4n) is 7.55. The Hall–Kier alpha value is -8.28. The number of ether oxygens (including phenoxy) is 4. The molecule has 0 aliphatic rings. The van der Waals surface area contributed by atoms with Gasteiger partial charge in [-0.05, 0) is 85.8 Å². The Kier molecular flexibility index (Phi) is 21.1. The lowest BCUT2D eigenvalue weighted by Crippen LogP contribution is -2.49. The number of hydrogen-bond acceptors (Lipinski definition) is 14. The van der Waals surface area contributed by atoms with E-state index in [1.165, 1.54) is 50.4 Å². The Labute approximate surface area is 417 Å². The molecule has 380 valence electrons. The standard InChI is InChI=1S/C54H60N4O14/c1-6-8-11-20-42(45(7-2)58(34-59)72-53(65)41-24-22-40(67-5)27-35(41)3)50(62)55-33-56-52(64)47-26-25-46(71-47)39-21-23-43(48(29-39)68-32-49(61)69-30-37-16-12-9-13-17-37)51(63)57-44(28-36(4)60)54(66)70-31-38-18-14-10-15-19-38/h9-10,12-19,21-27,29,34,42,44-45H,6-8,11,20,28,30-33H2,1-5H3,(H,55,62)(H,56,64)(H,57,63)/t42-,44+,45-/m1/s1. The summed E-state index contributed by atoms with van der Waals surface area (Å²) in [6.07, 6.45) is 2.95. The van der Waals surface area contributed by atoms with Gasteiger partial charge in [-0.2, -0.15) is 5.06 Å². The highest BCUT2D eigenvalue weighted by atomic mass is 16.7. The molecule has 0 fully saturated rings. The van der Waals surface area contributed by atoms with Crippen LogP contribution in [0, 0.1) is 12.8 Å². The summed E-state index contributed by atoms with van der Waals surface area (Å²) < 4.78 is 27.8. The molecule has 18 heteroatoms. The van der Waals surface area contributed by atoms with Crippen molar-refractivity contribution in [1.82, 2.24) is 21.0 Å². The number of benzene rings is 4. The Morgan fingerprint density at radius 2 is 1.44 bits per heavy atom. The summed E-state index contributed by atoms with van der Waals surface area (Å²) >= 11 is 0. The highest BCUT2D eigenvalue weighted by molar-refractivity contribution is 6.01. The molecule has 0 spiro atoms. The van der Waals surface area contributed by atoms with E-state index in [0.717, 1.165) is 23.5 Å². The molecule has 0 saturated heterocycles. The van der Waals surface area contributed by atoms with E-state index in [4.69, 9.17) is 28.2 Å². The fourth-order valence-corrected chi connectivity index (χ4v) is 7.55. The molecule has 1 aromatic heterocycles. The summed E-state index contributed by atoms with van der Waals surface area (Å²) in [7, 11) is 1.50. The molecule has 1 heterocycles. The molecule has 4 aromatic carbocycles. The molecule has 5 rings (SSSR count). The van der Waals surface area contributed by atoms with Crippen LogP contribution >= 0.6 is 0 Å². The van der Waals surface area contributed by atoms with E-state index in [0.29, 0.717) is 41.7 Å². The van der Waals surface area contributed by atoms with E-state index in [2.05, 4.69) is 16.0 Å². The maximum absolute atomic E-state index is 13.8. The van der Waals surface area contributed by atoms with Gasteiger partial charge < -0.3 is 44.2 Å². The highest BCUT2D eigenvalue weighted by Crippen LogP contribution is 2.30. The molecule has 0 aliphatic carbocycles. The van der Waals surface area contributed by atoms with Crippen molar-refractivity contribution >= 4 is 47.8 Å². The minimum atomic E-state index is -1.36. The number of carbonyl (C=O) groups is 8. The van der Waals surface area contributed by atoms with Crippen molar-refractivity contribution in [2.24, 2.45) is 5.92 Å². The summed E-state index contributed by atoms with van der Waals surface area (Å²) in [5.74, 6) is -5.14. The molecule has 0 bridgehead atoms. The first kappa shape index (κ1) is 54.7. The van der Waals surface area contributed by atoms with Gasteiger partial charge in [0, 0.05) is 12.0 Å². The molecule has 0 aliphatic heterocycles. The zero-order valence-corrected chi connectivity index (χ0v) is 40.9. The molecule has 3 N–H and O–H groups in total. The zero-order valence-electron chi connectivity index (χ0n) is 40.9. The Bertz CT molecular complexity index is 2650. The summed E-state index contributed by atoms with van der Waals surface area (Å²) in [5, 5.41) is 8.74. The number of unbranched alkanes of at least 4 members (excludes halogenated alkanes) is 2. The number of carbonyl (C=O) groups excluding carboxylic acids is 8. The quantitative estimate of drug-likeness (QED) is 0.0148. The number of amides is 4. The van der Waals surface area contributed by atoms with Gasteiger partial charge in [-0.3, -0.25) is 24.0 Å². The Balaban J connectivity index is 1.28. The first-order chi connectivity index (χ1) is 34.7. The molecule has 18 nitrogen and oxygen atoms in total. The van der Waals surface area contributed by atoms with Gasteiger partial charge in [-0.25, -0.2) is 14.4 Å². The number of rotatable bonds is 28. The van der Waals surface area contributed by atoms with Crippen LogP contribution in [-0.2, 0) is 51.5 Å². The smallest absolute Gasteiger partial charge is 0.363 e. The van der Waals surface area contributed by atoms with E-state index in [-0.39, 0.29) is 66.9 Å². The van der Waals surface area contributed by atoms with E-state index in [1.807, 2.05) is 13.0 Å². The van der Waals surface area contributed by atoms with E-state index in [1.54, 1.807) is 80.6 Å². The van der Waals surface area contributed by atoms with Crippen LogP contribution in [0.25, 0.3) is 11.3 Å². The van der Waals surface area contributed by atoms with Crippen molar-refractivity contribution in [3.63, 3.8) is 0 Å². The monoisotopic (exact) mass is 988 g/mol. The van der Waals surface area contributed by atoms with E-state index in [9.17, 15) is 38.4 Å². The summed E-state index contributed by atoms with van der Waals surface area (Å²) in [5.41, 5.74) is 2.43. The van der Waals surface area contributed by atoms with Crippen LogP contribution < -0.4 is 25.4 Å². The van der Waals surface area contributed by atoms with E-state index >= 15 is 0 Å². The normalized spacial score (nSPS) is 12.0. The summed E-state index contributed by atoms with van der Waals surface area (Å²) in [6, 6.07) is 27.6. The topological polar surface area (TPSA) is 235 Å². The Morgan fingerprint density at radius 3 is 2.07 bits per heavy atom. The number of hydroxylamine groups is 2. The zero-order chi connectivity index (χ0) is 52.0. The van der Waals surface area contributed by atoms with Gasteiger partial charge in [0.25, 0.3) is 11.8 Å². The molecule has 72 heavy (non-hydrogen) atoms. The molecule has 0 radical (unpaired) electrons. The van der Waals surface area contributed by atoms with Crippen LogP contribution in [0.5, 0.6) is 11.5 Å². The van der Waals surface area contributed by atoms with Crippen LogP contribution in [0.2, 0.25) is 0 Å². The van der Waals surface area contributed by atoms with Crippen molar-refractivity contribution in [1.29, 1.82) is 0 Å². The van der Waals surface area contributed by atoms with E-state index < -0.39 is 60.2 Å². The third kappa shape index (κ3) is 16.1. The number of esters is 2. The van der Waals surface area contributed by atoms with Crippen LogP contribution in [0.4, 0.5) is 0 Å². The lowest BCUT2D eigenvalue weighted by atomic mass is 9.90. The fraction of sp³-hybridized carbons (Fsp3) is 0.333. The number of nitrogens with one attached hydrogen (secondary N) is 3. The minimum Gasteiger partial charge on any atom is -0.497 e. The molecule has 0 saturated carbocycles. The van der Waals surface area contributed by atoms with Gasteiger partial charge in [0.15, 0.2) is 12.4 Å². The summed E-state index contributed by atoms with van der Waals surface area (Å²) in [4.78, 5) is 110. The molecule has 0 unspecified atom stereocenters. The van der Waals surface area contributed by atoms with Crippen molar-refractivity contribution in [3.8, 4) is 22.8 Å². The number of nitrogens with zero attached hydrogens (tertiary/aromatic N) is 1. The van der Waals surface area contributed by atoms with Gasteiger partial charge in [0.05, 0.1) is 36.9 Å². The number of furan rings is 1. The second-order valence-corrected chi connectivity index (χ2v) is 16.7. The maximum atomic E-state index is 13.8. The lowest BCUT2D eigenvalue weighted by Gasteiger charge is -2.32. The molecule has 4 amide bonds. The van der Waals surface area contributed by atoms with Crippen LogP contribution in [0.3, 0.4) is 0 Å². The lowest BCUT2D eigenvalue weighted by molar-refractivity contribution is -0.171. The highest BCUT2D eigenvalue weighted by Gasteiger charge is 2.34. The van der Waals surface area contributed by atoms with Crippen molar-refractivity contribution < 1.29 is 66.6 Å². The number of methoxy groups -OCH3 is 1. The third-order valence-electron chi connectivity index (χ3n) is 11.4. The molecular weight excluding hydrogens is 929 g/mol. The van der Waals surface area contributed by atoms with Crippen LogP contribution in [0.1, 0.15) is 107 Å². The third-order valence-corrected chi connectivity index (χ3v) is 11.4. The number of ketones is 1. The van der Waals surface area contributed by atoms with Gasteiger partial charge in [-0.15, -0.1) is 0 Å². The average molecular weight is 989 g/mol. The van der Waals surface area contributed by atoms with Crippen LogP contribution in [-0.4, -0.2) is 85.4 Å². The van der Waals surface area contributed by atoms with Crippen molar-refractivity contribution in [3.05, 3.63) is 143 Å². The molecular formula is C54H60N4O14. The van der Waals surface area contributed by atoms with Gasteiger partial charge in [0.2, 0.25) is 12.3 Å². The van der Waals surface area contributed by atoms with Gasteiger partial charge in [-0.1, -0.05) is 99.8 Å². The summed E-state index contributed by atoms with van der Waals surface area (Å²) in [6.45, 7) is 5.68. The predicted octanol–water partition coefficient (Wildman–Crippen LogP) is 7.22. The average Bonchev–Trinajstić information content (AvgIpc) is 3.89. The van der Waals surface area contributed by atoms with Crippen molar-refractivity contribution in [2.45, 2.75) is 91.5 Å². The largest absolute Gasteiger partial charge is 0.497 e.